The molecule has 19 heavy (non-hydrogen) atoms. The van der Waals surface area contributed by atoms with Gasteiger partial charge in [-0.25, -0.2) is 9.97 Å². The number of aromatic nitrogens is 2. The van der Waals surface area contributed by atoms with E-state index in [1.54, 1.807) is 12.5 Å². The monoisotopic (exact) mass is 279 g/mol. The van der Waals surface area contributed by atoms with Gasteiger partial charge in [0, 0.05) is 12.8 Å². The molecule has 1 spiro atoms. The molecule has 2 N–H and O–H groups in total. The van der Waals surface area contributed by atoms with E-state index < -0.39 is 0 Å². The topological polar surface area (TPSA) is 61.0 Å². The maximum absolute atomic E-state index is 6.41. The highest BCUT2D eigenvalue weighted by molar-refractivity contribution is 7.99. The van der Waals surface area contributed by atoms with Crippen molar-refractivity contribution >= 4 is 11.8 Å². The van der Waals surface area contributed by atoms with Crippen molar-refractivity contribution in [2.45, 2.75) is 37.3 Å². The zero-order valence-electron chi connectivity index (χ0n) is 11.1. The summed E-state index contributed by atoms with van der Waals surface area (Å²) in [6.45, 7) is 0.841. The van der Waals surface area contributed by atoms with Crippen LogP contribution in [0.3, 0.4) is 0 Å². The lowest BCUT2D eigenvalue weighted by Gasteiger charge is -2.44. The van der Waals surface area contributed by atoms with Gasteiger partial charge in [0.25, 0.3) is 0 Å². The van der Waals surface area contributed by atoms with Crippen LogP contribution in [0.2, 0.25) is 0 Å². The molecule has 0 aliphatic carbocycles. The third kappa shape index (κ3) is 2.93. The SMILES string of the molecule is NC(c1ccncn1)C1CCOC2(CCSCC2)C1. The molecule has 2 atom stereocenters. The van der Waals surface area contributed by atoms with Crippen LogP contribution >= 0.6 is 11.8 Å². The molecule has 104 valence electrons. The van der Waals surface area contributed by atoms with Crippen molar-refractivity contribution in [1.29, 1.82) is 0 Å². The van der Waals surface area contributed by atoms with Crippen LogP contribution in [-0.2, 0) is 4.74 Å². The van der Waals surface area contributed by atoms with Gasteiger partial charge in [0.1, 0.15) is 6.33 Å². The second-order valence-corrected chi connectivity index (χ2v) is 6.78. The molecule has 3 heterocycles. The molecule has 2 aliphatic heterocycles. The van der Waals surface area contributed by atoms with Crippen molar-refractivity contribution in [3.63, 3.8) is 0 Å². The molecule has 1 aromatic rings. The first-order valence-corrected chi connectivity index (χ1v) is 8.18. The van der Waals surface area contributed by atoms with Crippen LogP contribution in [-0.4, -0.2) is 33.7 Å². The predicted molar refractivity (Wildman–Crippen MR) is 76.9 cm³/mol. The Morgan fingerprint density at radius 2 is 2.26 bits per heavy atom. The van der Waals surface area contributed by atoms with E-state index in [1.807, 2.05) is 17.8 Å². The number of rotatable bonds is 2. The van der Waals surface area contributed by atoms with Gasteiger partial charge in [0.15, 0.2) is 0 Å². The van der Waals surface area contributed by atoms with E-state index in [9.17, 15) is 0 Å². The largest absolute Gasteiger partial charge is 0.375 e. The molecule has 5 heteroatoms. The minimum atomic E-state index is 0.0124. The van der Waals surface area contributed by atoms with Crippen LogP contribution in [0.25, 0.3) is 0 Å². The quantitative estimate of drug-likeness (QED) is 0.899. The van der Waals surface area contributed by atoms with E-state index in [4.69, 9.17) is 10.5 Å². The summed E-state index contributed by atoms with van der Waals surface area (Å²) in [5.74, 6) is 2.91. The summed E-state index contributed by atoms with van der Waals surface area (Å²) in [5, 5.41) is 0. The highest BCUT2D eigenvalue weighted by atomic mass is 32.2. The number of hydrogen-bond donors (Lipinski definition) is 1. The van der Waals surface area contributed by atoms with Crippen molar-refractivity contribution < 1.29 is 4.74 Å². The third-order valence-electron chi connectivity index (χ3n) is 4.39. The molecule has 1 aromatic heterocycles. The molecule has 0 amide bonds. The van der Waals surface area contributed by atoms with Gasteiger partial charge in [-0.2, -0.15) is 11.8 Å². The van der Waals surface area contributed by atoms with Gasteiger partial charge in [-0.05, 0) is 49.2 Å². The van der Waals surface area contributed by atoms with Gasteiger partial charge in [-0.3, -0.25) is 0 Å². The fourth-order valence-corrected chi connectivity index (χ4v) is 4.44. The smallest absolute Gasteiger partial charge is 0.115 e. The predicted octanol–water partition coefficient (Wildman–Crippen LogP) is 2.17. The van der Waals surface area contributed by atoms with Crippen molar-refractivity contribution in [3.8, 4) is 0 Å². The summed E-state index contributed by atoms with van der Waals surface area (Å²) < 4.78 is 6.12. The summed E-state index contributed by atoms with van der Waals surface area (Å²) in [6, 6.07) is 1.95. The molecular formula is C14H21N3OS. The maximum atomic E-state index is 6.41. The first-order valence-electron chi connectivity index (χ1n) is 7.02. The van der Waals surface area contributed by atoms with Crippen molar-refractivity contribution in [2.75, 3.05) is 18.1 Å². The van der Waals surface area contributed by atoms with Gasteiger partial charge in [-0.15, -0.1) is 0 Å². The lowest BCUT2D eigenvalue weighted by molar-refractivity contribution is -0.106. The van der Waals surface area contributed by atoms with Gasteiger partial charge >= 0.3 is 0 Å². The van der Waals surface area contributed by atoms with Gasteiger partial charge in [0.2, 0.25) is 0 Å². The second-order valence-electron chi connectivity index (χ2n) is 5.56. The van der Waals surface area contributed by atoms with E-state index in [1.165, 1.54) is 24.3 Å². The Morgan fingerprint density at radius 1 is 1.42 bits per heavy atom. The maximum Gasteiger partial charge on any atom is 0.115 e. The summed E-state index contributed by atoms with van der Waals surface area (Å²) in [6.07, 6.45) is 7.82. The van der Waals surface area contributed by atoms with Crippen LogP contribution in [0.4, 0.5) is 0 Å². The van der Waals surface area contributed by atoms with E-state index in [0.29, 0.717) is 5.92 Å². The molecule has 3 rings (SSSR count). The number of nitrogens with zero attached hydrogens (tertiary/aromatic N) is 2. The van der Waals surface area contributed by atoms with Gasteiger partial charge < -0.3 is 10.5 Å². The highest BCUT2D eigenvalue weighted by Crippen LogP contribution is 2.42. The molecule has 0 aromatic carbocycles. The summed E-state index contributed by atoms with van der Waals surface area (Å²) in [7, 11) is 0. The lowest BCUT2D eigenvalue weighted by Crippen LogP contribution is -2.45. The average molecular weight is 279 g/mol. The number of nitrogens with two attached hydrogens (primary N) is 1. The van der Waals surface area contributed by atoms with Crippen LogP contribution in [0.1, 0.15) is 37.4 Å². The third-order valence-corrected chi connectivity index (χ3v) is 5.37. The van der Waals surface area contributed by atoms with E-state index >= 15 is 0 Å². The molecule has 0 bridgehead atoms. The van der Waals surface area contributed by atoms with Gasteiger partial charge in [0.05, 0.1) is 17.3 Å². The van der Waals surface area contributed by atoms with Crippen molar-refractivity contribution in [3.05, 3.63) is 24.3 Å². The van der Waals surface area contributed by atoms with E-state index in [2.05, 4.69) is 9.97 Å². The minimum absolute atomic E-state index is 0.0124. The number of ether oxygens (including phenoxy) is 1. The molecule has 0 saturated carbocycles. The Balaban J connectivity index is 1.71. The Hall–Kier alpha value is -0.650. The lowest BCUT2D eigenvalue weighted by atomic mass is 9.78. The fraction of sp³-hybridized carbons (Fsp3) is 0.714. The molecule has 2 saturated heterocycles. The zero-order chi connectivity index (χ0) is 13.1. The molecule has 2 aliphatic rings. The summed E-state index contributed by atoms with van der Waals surface area (Å²) in [4.78, 5) is 8.27. The zero-order valence-corrected chi connectivity index (χ0v) is 11.9. The Bertz CT molecular complexity index is 403. The van der Waals surface area contributed by atoms with E-state index in [-0.39, 0.29) is 11.6 Å². The second kappa shape index (κ2) is 5.77. The van der Waals surface area contributed by atoms with Crippen LogP contribution in [0.15, 0.2) is 18.6 Å². The standard InChI is InChI=1S/C14H21N3OS/c15-13(12-1-5-16-10-17-12)11-2-6-18-14(9-11)3-7-19-8-4-14/h1,5,10-11,13H,2-4,6-9,15H2. The molecule has 0 radical (unpaired) electrons. The normalized spacial score (nSPS) is 28.2. The molecular weight excluding hydrogens is 258 g/mol. The molecule has 4 nitrogen and oxygen atoms in total. The Kier molecular flexibility index (Phi) is 4.05. The average Bonchev–Trinajstić information content (AvgIpc) is 2.48. The van der Waals surface area contributed by atoms with Crippen LogP contribution < -0.4 is 5.73 Å². The van der Waals surface area contributed by atoms with Crippen LogP contribution in [0, 0.1) is 5.92 Å². The van der Waals surface area contributed by atoms with Gasteiger partial charge in [-0.1, -0.05) is 0 Å². The van der Waals surface area contributed by atoms with Crippen molar-refractivity contribution in [1.82, 2.24) is 9.97 Å². The number of hydrogen-bond acceptors (Lipinski definition) is 5. The highest BCUT2D eigenvalue weighted by Gasteiger charge is 2.40. The number of thioether (sulfide) groups is 1. The Morgan fingerprint density at radius 3 is 3.00 bits per heavy atom. The van der Waals surface area contributed by atoms with Crippen molar-refractivity contribution in [2.24, 2.45) is 11.7 Å². The first-order chi connectivity index (χ1) is 9.29. The minimum Gasteiger partial charge on any atom is -0.375 e. The van der Waals surface area contributed by atoms with E-state index in [0.717, 1.165) is 25.1 Å². The Labute approximate surface area is 118 Å². The first kappa shape index (κ1) is 13.3. The summed E-state index contributed by atoms with van der Waals surface area (Å²) in [5.41, 5.74) is 7.47. The van der Waals surface area contributed by atoms with Crippen LogP contribution in [0.5, 0.6) is 0 Å². The fourth-order valence-electron chi connectivity index (χ4n) is 3.20. The summed E-state index contributed by atoms with van der Waals surface area (Å²) >= 11 is 2.04. The molecule has 2 fully saturated rings. The molecule has 2 unspecified atom stereocenters.